The zero-order valence-electron chi connectivity index (χ0n) is 13.1. The van der Waals surface area contributed by atoms with Crippen LogP contribution in [0.2, 0.25) is 0 Å². The van der Waals surface area contributed by atoms with Gasteiger partial charge in [-0.2, -0.15) is 0 Å². The predicted molar refractivity (Wildman–Crippen MR) is 81.1 cm³/mol. The molecule has 108 valence electrons. The third kappa shape index (κ3) is 4.24. The van der Waals surface area contributed by atoms with Gasteiger partial charge in [0.1, 0.15) is 0 Å². The first-order valence-electron chi connectivity index (χ1n) is 8.17. The molecule has 0 saturated carbocycles. The third-order valence-electron chi connectivity index (χ3n) is 4.79. The summed E-state index contributed by atoms with van der Waals surface area (Å²) in [7, 11) is 0. The Kier molecular flexibility index (Phi) is 7.25. The first kappa shape index (κ1) is 16.0. The molecule has 1 N–H and O–H groups in total. The van der Waals surface area contributed by atoms with Crippen LogP contribution in [0.25, 0.3) is 0 Å². The van der Waals surface area contributed by atoms with Crippen molar-refractivity contribution in [3.8, 4) is 0 Å². The summed E-state index contributed by atoms with van der Waals surface area (Å²) in [6, 6.07) is 0.659. The zero-order chi connectivity index (χ0) is 13.4. The van der Waals surface area contributed by atoms with E-state index in [1.54, 1.807) is 0 Å². The van der Waals surface area contributed by atoms with E-state index in [9.17, 15) is 0 Å². The molecule has 0 amide bonds. The molecule has 1 aliphatic heterocycles. The van der Waals surface area contributed by atoms with Crippen LogP contribution in [0.15, 0.2) is 0 Å². The molecule has 1 atom stereocenters. The van der Waals surface area contributed by atoms with E-state index >= 15 is 0 Å². The van der Waals surface area contributed by atoms with E-state index in [1.807, 2.05) is 0 Å². The zero-order valence-corrected chi connectivity index (χ0v) is 13.1. The Morgan fingerprint density at radius 2 is 1.72 bits per heavy atom. The van der Waals surface area contributed by atoms with Gasteiger partial charge in [-0.25, -0.2) is 0 Å². The quantitative estimate of drug-likeness (QED) is 0.663. The lowest BCUT2D eigenvalue weighted by atomic mass is 9.87. The van der Waals surface area contributed by atoms with Crippen molar-refractivity contribution in [3.05, 3.63) is 0 Å². The van der Waals surface area contributed by atoms with Gasteiger partial charge in [-0.05, 0) is 32.7 Å². The molecule has 1 heterocycles. The minimum atomic E-state index is 0.428. The summed E-state index contributed by atoms with van der Waals surface area (Å²) >= 11 is 0. The summed E-state index contributed by atoms with van der Waals surface area (Å²) in [5.41, 5.74) is 0.428. The topological polar surface area (TPSA) is 15.3 Å². The molecule has 0 aromatic carbocycles. The Morgan fingerprint density at radius 1 is 1.06 bits per heavy atom. The van der Waals surface area contributed by atoms with Gasteiger partial charge in [0.15, 0.2) is 0 Å². The van der Waals surface area contributed by atoms with E-state index in [-0.39, 0.29) is 0 Å². The molecule has 2 heteroatoms. The average molecular weight is 254 g/mol. The van der Waals surface area contributed by atoms with Crippen molar-refractivity contribution < 1.29 is 0 Å². The molecule has 1 aliphatic rings. The number of hydrogen-bond acceptors (Lipinski definition) is 2. The predicted octanol–water partition coefficient (Wildman–Crippen LogP) is 3.81. The number of piperazine rings is 1. The lowest BCUT2D eigenvalue weighted by Crippen LogP contribution is -2.63. The summed E-state index contributed by atoms with van der Waals surface area (Å²) in [6.45, 7) is 13.0. The maximum absolute atomic E-state index is 3.67. The smallest absolute Gasteiger partial charge is 0.0329 e. The molecule has 1 fully saturated rings. The molecule has 2 nitrogen and oxygen atoms in total. The summed E-state index contributed by atoms with van der Waals surface area (Å²) in [6.07, 6.45) is 9.52. The Morgan fingerprint density at radius 3 is 2.33 bits per heavy atom. The van der Waals surface area contributed by atoms with E-state index in [0.29, 0.717) is 11.6 Å². The lowest BCUT2D eigenvalue weighted by molar-refractivity contribution is 0.0335. The molecule has 0 radical (unpaired) electrons. The highest BCUT2D eigenvalue weighted by atomic mass is 15.3. The van der Waals surface area contributed by atoms with Gasteiger partial charge in [0, 0.05) is 24.7 Å². The van der Waals surface area contributed by atoms with Crippen molar-refractivity contribution in [2.45, 2.75) is 84.2 Å². The Balaban J connectivity index is 2.41. The molecule has 0 aromatic heterocycles. The molecule has 0 bridgehead atoms. The van der Waals surface area contributed by atoms with Crippen LogP contribution in [0.1, 0.15) is 72.6 Å². The molecular weight excluding hydrogens is 220 g/mol. The number of rotatable bonds is 8. The van der Waals surface area contributed by atoms with Crippen LogP contribution in [-0.2, 0) is 0 Å². The van der Waals surface area contributed by atoms with Gasteiger partial charge in [-0.3, -0.25) is 4.90 Å². The van der Waals surface area contributed by atoms with Gasteiger partial charge in [-0.15, -0.1) is 0 Å². The fraction of sp³-hybridized carbons (Fsp3) is 1.00. The molecule has 1 rings (SSSR count). The maximum Gasteiger partial charge on any atom is 0.0329 e. The van der Waals surface area contributed by atoms with Crippen molar-refractivity contribution in [2.75, 3.05) is 19.6 Å². The number of nitrogens with one attached hydrogen (secondary N) is 1. The Hall–Kier alpha value is -0.0800. The van der Waals surface area contributed by atoms with Gasteiger partial charge in [0.2, 0.25) is 0 Å². The van der Waals surface area contributed by atoms with Crippen LogP contribution in [0, 0.1) is 0 Å². The van der Waals surface area contributed by atoms with Crippen LogP contribution in [0.4, 0.5) is 0 Å². The third-order valence-corrected chi connectivity index (χ3v) is 4.79. The van der Waals surface area contributed by atoms with Crippen LogP contribution >= 0.6 is 0 Å². The van der Waals surface area contributed by atoms with Crippen molar-refractivity contribution in [1.29, 1.82) is 0 Å². The molecule has 0 spiro atoms. The second-order valence-electron chi connectivity index (χ2n) is 6.07. The molecule has 1 saturated heterocycles. The van der Waals surface area contributed by atoms with Crippen molar-refractivity contribution in [3.63, 3.8) is 0 Å². The lowest BCUT2D eigenvalue weighted by Gasteiger charge is -2.49. The van der Waals surface area contributed by atoms with Gasteiger partial charge in [0.05, 0.1) is 0 Å². The first-order valence-corrected chi connectivity index (χ1v) is 8.17. The van der Waals surface area contributed by atoms with Crippen LogP contribution in [-0.4, -0.2) is 36.1 Å². The molecule has 1 unspecified atom stereocenters. The highest BCUT2D eigenvalue weighted by Crippen LogP contribution is 2.27. The van der Waals surface area contributed by atoms with E-state index in [0.717, 1.165) is 0 Å². The summed E-state index contributed by atoms with van der Waals surface area (Å²) in [5.74, 6) is 0. The largest absolute Gasteiger partial charge is 0.311 e. The van der Waals surface area contributed by atoms with E-state index in [4.69, 9.17) is 0 Å². The highest BCUT2D eigenvalue weighted by Gasteiger charge is 2.37. The monoisotopic (exact) mass is 254 g/mol. The summed E-state index contributed by atoms with van der Waals surface area (Å²) < 4.78 is 0. The second-order valence-corrected chi connectivity index (χ2v) is 6.07. The normalized spacial score (nSPS) is 24.3. The molecule has 0 aromatic rings. The van der Waals surface area contributed by atoms with Crippen molar-refractivity contribution >= 4 is 0 Å². The van der Waals surface area contributed by atoms with Gasteiger partial charge < -0.3 is 5.32 Å². The summed E-state index contributed by atoms with van der Waals surface area (Å²) in [5, 5.41) is 3.67. The second kappa shape index (κ2) is 8.16. The van der Waals surface area contributed by atoms with Crippen molar-refractivity contribution in [1.82, 2.24) is 10.2 Å². The first-order chi connectivity index (χ1) is 8.68. The minimum Gasteiger partial charge on any atom is -0.311 e. The van der Waals surface area contributed by atoms with Gasteiger partial charge in [0.25, 0.3) is 0 Å². The fourth-order valence-corrected chi connectivity index (χ4v) is 3.25. The number of nitrogens with zero attached hydrogens (tertiary/aromatic N) is 1. The maximum atomic E-state index is 3.67. The van der Waals surface area contributed by atoms with Crippen LogP contribution < -0.4 is 5.32 Å². The van der Waals surface area contributed by atoms with Crippen molar-refractivity contribution in [2.24, 2.45) is 0 Å². The fourth-order valence-electron chi connectivity index (χ4n) is 3.25. The van der Waals surface area contributed by atoms with E-state index in [2.05, 4.69) is 37.9 Å². The highest BCUT2D eigenvalue weighted by molar-refractivity contribution is 4.96. The van der Waals surface area contributed by atoms with Crippen LogP contribution in [0.5, 0.6) is 0 Å². The Bertz CT molecular complexity index is 211. The van der Waals surface area contributed by atoms with Gasteiger partial charge in [-0.1, -0.05) is 46.5 Å². The van der Waals surface area contributed by atoms with E-state index < -0.39 is 0 Å². The minimum absolute atomic E-state index is 0.428. The Labute approximate surface area is 115 Å². The van der Waals surface area contributed by atoms with Gasteiger partial charge >= 0.3 is 0 Å². The molecule has 18 heavy (non-hydrogen) atoms. The molecular formula is C16H34N2. The number of hydrogen-bond donors (Lipinski definition) is 1. The molecule has 0 aliphatic carbocycles. The average Bonchev–Trinajstić information content (AvgIpc) is 2.39. The number of unbranched alkanes of at least 4 members (excludes halogenated alkanes) is 4. The standard InChI is InChI=1S/C16H34N2/c1-5-8-9-10-11-12-18-13-15(4)17-14-16(18,6-2)7-3/h15,17H,5-14H2,1-4H3. The van der Waals surface area contributed by atoms with Crippen LogP contribution in [0.3, 0.4) is 0 Å². The van der Waals surface area contributed by atoms with E-state index in [1.165, 1.54) is 64.6 Å². The summed E-state index contributed by atoms with van der Waals surface area (Å²) in [4.78, 5) is 2.78. The SMILES string of the molecule is CCCCCCCN1CC(C)NCC1(CC)CC.